The third-order valence-electron chi connectivity index (χ3n) is 3.98. The highest BCUT2D eigenvalue weighted by molar-refractivity contribution is 7.09. The van der Waals surface area contributed by atoms with Gasteiger partial charge in [0.2, 0.25) is 11.8 Å². The van der Waals surface area contributed by atoms with Gasteiger partial charge in [-0.2, -0.15) is 0 Å². The molecule has 1 atom stereocenters. The number of nitrogens with one attached hydrogen (secondary N) is 1. The van der Waals surface area contributed by atoms with E-state index in [0.29, 0.717) is 19.5 Å². The molecule has 1 aliphatic rings. The minimum atomic E-state index is -0.0497. The van der Waals surface area contributed by atoms with Gasteiger partial charge in [-0.1, -0.05) is 6.92 Å². The molecule has 1 aromatic rings. The van der Waals surface area contributed by atoms with E-state index in [1.54, 1.807) is 11.3 Å². The van der Waals surface area contributed by atoms with Crippen LogP contribution in [-0.4, -0.2) is 41.3 Å². The van der Waals surface area contributed by atoms with E-state index in [1.165, 1.54) is 0 Å². The SMILES string of the molecule is CCC(=O)N1CCC[C@H](C(=O)NCCCc2nc(C)cs2)C1. The number of aryl methyl sites for hydroxylation is 2. The average molecular weight is 323 g/mol. The molecule has 0 aliphatic carbocycles. The Morgan fingerprint density at radius 2 is 2.32 bits per heavy atom. The van der Waals surface area contributed by atoms with Crippen molar-refractivity contribution in [1.29, 1.82) is 0 Å². The fourth-order valence-electron chi connectivity index (χ4n) is 2.75. The van der Waals surface area contributed by atoms with Gasteiger partial charge in [0.25, 0.3) is 0 Å². The number of aromatic nitrogens is 1. The molecule has 0 unspecified atom stereocenters. The average Bonchev–Trinajstić information content (AvgIpc) is 2.96. The molecule has 2 heterocycles. The standard InChI is InChI=1S/C16H25N3O2S/c1-3-15(20)19-9-5-6-13(10-19)16(21)17-8-4-7-14-18-12(2)11-22-14/h11,13H,3-10H2,1-2H3,(H,17,21)/t13-/m0/s1. The van der Waals surface area contributed by atoms with Gasteiger partial charge in [-0.15, -0.1) is 11.3 Å². The van der Waals surface area contributed by atoms with Crippen LogP contribution in [0.5, 0.6) is 0 Å². The van der Waals surface area contributed by atoms with Crippen LogP contribution in [0.25, 0.3) is 0 Å². The summed E-state index contributed by atoms with van der Waals surface area (Å²) in [6.07, 6.45) is 4.13. The summed E-state index contributed by atoms with van der Waals surface area (Å²) in [5.74, 6) is 0.187. The zero-order chi connectivity index (χ0) is 15.9. The molecule has 1 aromatic heterocycles. The minimum absolute atomic E-state index is 0.0497. The third-order valence-corrected chi connectivity index (χ3v) is 5.01. The van der Waals surface area contributed by atoms with Gasteiger partial charge in [-0.3, -0.25) is 9.59 Å². The number of nitrogens with zero attached hydrogens (tertiary/aromatic N) is 2. The van der Waals surface area contributed by atoms with Crippen molar-refractivity contribution in [2.24, 2.45) is 5.92 Å². The van der Waals surface area contributed by atoms with Crippen molar-refractivity contribution in [3.63, 3.8) is 0 Å². The fourth-order valence-corrected chi connectivity index (χ4v) is 3.57. The van der Waals surface area contributed by atoms with Crippen molar-refractivity contribution in [1.82, 2.24) is 15.2 Å². The Hall–Kier alpha value is -1.43. The number of piperidine rings is 1. The number of carbonyl (C=O) groups excluding carboxylic acids is 2. The fraction of sp³-hybridized carbons (Fsp3) is 0.688. The number of likely N-dealkylation sites (tertiary alicyclic amines) is 1. The molecular formula is C16H25N3O2S. The molecule has 0 aromatic carbocycles. The van der Waals surface area contributed by atoms with Crippen LogP contribution in [0.4, 0.5) is 0 Å². The molecule has 22 heavy (non-hydrogen) atoms. The molecule has 0 spiro atoms. The van der Waals surface area contributed by atoms with Gasteiger partial charge in [-0.05, 0) is 26.2 Å². The maximum Gasteiger partial charge on any atom is 0.224 e. The summed E-state index contributed by atoms with van der Waals surface area (Å²) in [6, 6.07) is 0. The zero-order valence-electron chi connectivity index (χ0n) is 13.4. The Morgan fingerprint density at radius 1 is 1.50 bits per heavy atom. The molecule has 1 saturated heterocycles. The lowest BCUT2D eigenvalue weighted by molar-refractivity contribution is -0.135. The Kier molecular flexibility index (Phi) is 6.36. The number of amides is 2. The number of rotatable bonds is 6. The topological polar surface area (TPSA) is 62.3 Å². The normalized spacial score (nSPS) is 18.3. The first-order valence-corrected chi connectivity index (χ1v) is 8.94. The van der Waals surface area contributed by atoms with Crippen LogP contribution in [-0.2, 0) is 16.0 Å². The highest BCUT2D eigenvalue weighted by atomic mass is 32.1. The first kappa shape index (κ1) is 16.9. The predicted octanol–water partition coefficient (Wildman–Crippen LogP) is 2.15. The highest BCUT2D eigenvalue weighted by Crippen LogP contribution is 2.17. The van der Waals surface area contributed by atoms with Crippen LogP contribution < -0.4 is 5.32 Å². The first-order valence-electron chi connectivity index (χ1n) is 8.06. The molecule has 5 nitrogen and oxygen atoms in total. The summed E-state index contributed by atoms with van der Waals surface area (Å²) in [4.78, 5) is 30.2. The molecule has 2 amide bonds. The van der Waals surface area contributed by atoms with Crippen molar-refractivity contribution < 1.29 is 9.59 Å². The highest BCUT2D eigenvalue weighted by Gasteiger charge is 2.27. The smallest absolute Gasteiger partial charge is 0.224 e. The van der Waals surface area contributed by atoms with Crippen LogP contribution in [0, 0.1) is 12.8 Å². The summed E-state index contributed by atoms with van der Waals surface area (Å²) < 4.78 is 0. The van der Waals surface area contributed by atoms with Gasteiger partial charge in [0.05, 0.1) is 10.9 Å². The van der Waals surface area contributed by atoms with Crippen LogP contribution in [0.3, 0.4) is 0 Å². The van der Waals surface area contributed by atoms with E-state index in [-0.39, 0.29) is 17.7 Å². The molecule has 1 N–H and O–H groups in total. The number of hydrogen-bond donors (Lipinski definition) is 1. The van der Waals surface area contributed by atoms with Gasteiger partial charge in [0, 0.05) is 43.5 Å². The third kappa shape index (κ3) is 4.80. The Labute approximate surface area is 136 Å². The summed E-state index contributed by atoms with van der Waals surface area (Å²) in [7, 11) is 0. The summed E-state index contributed by atoms with van der Waals surface area (Å²) >= 11 is 1.67. The second-order valence-electron chi connectivity index (χ2n) is 5.81. The maximum atomic E-state index is 12.2. The van der Waals surface area contributed by atoms with Gasteiger partial charge in [-0.25, -0.2) is 4.98 Å². The van der Waals surface area contributed by atoms with Crippen molar-refractivity contribution in [3.05, 3.63) is 16.1 Å². The van der Waals surface area contributed by atoms with Crippen molar-refractivity contribution in [2.75, 3.05) is 19.6 Å². The first-order chi connectivity index (χ1) is 10.6. The molecule has 2 rings (SSSR count). The monoisotopic (exact) mass is 323 g/mol. The largest absolute Gasteiger partial charge is 0.356 e. The van der Waals surface area contributed by atoms with Crippen molar-refractivity contribution >= 4 is 23.2 Å². The molecule has 0 bridgehead atoms. The molecular weight excluding hydrogens is 298 g/mol. The summed E-state index contributed by atoms with van der Waals surface area (Å²) in [6.45, 7) is 5.90. The van der Waals surface area contributed by atoms with Crippen molar-refractivity contribution in [2.45, 2.75) is 46.0 Å². The molecule has 1 fully saturated rings. The lowest BCUT2D eigenvalue weighted by Crippen LogP contribution is -2.45. The number of carbonyl (C=O) groups is 2. The van der Waals surface area contributed by atoms with Crippen LogP contribution in [0.15, 0.2) is 5.38 Å². The van der Waals surface area contributed by atoms with E-state index in [9.17, 15) is 9.59 Å². The lowest BCUT2D eigenvalue weighted by atomic mass is 9.97. The summed E-state index contributed by atoms with van der Waals surface area (Å²) in [5, 5.41) is 6.19. The van der Waals surface area contributed by atoms with E-state index in [4.69, 9.17) is 0 Å². The van der Waals surface area contributed by atoms with Crippen LogP contribution >= 0.6 is 11.3 Å². The van der Waals surface area contributed by atoms with Crippen LogP contribution in [0.2, 0.25) is 0 Å². The number of hydrogen-bond acceptors (Lipinski definition) is 4. The Bertz CT molecular complexity index is 515. The van der Waals surface area contributed by atoms with Gasteiger partial charge < -0.3 is 10.2 Å². The second-order valence-corrected chi connectivity index (χ2v) is 6.75. The van der Waals surface area contributed by atoms with Gasteiger partial charge >= 0.3 is 0 Å². The second kappa shape index (κ2) is 8.27. The van der Waals surface area contributed by atoms with Crippen molar-refractivity contribution in [3.8, 4) is 0 Å². The zero-order valence-corrected chi connectivity index (χ0v) is 14.2. The van der Waals surface area contributed by atoms with E-state index in [2.05, 4.69) is 15.7 Å². The van der Waals surface area contributed by atoms with Gasteiger partial charge in [0.1, 0.15) is 0 Å². The Balaban J connectivity index is 1.69. The minimum Gasteiger partial charge on any atom is -0.356 e. The Morgan fingerprint density at radius 3 is 3.00 bits per heavy atom. The molecule has 0 radical (unpaired) electrons. The van der Waals surface area contributed by atoms with Gasteiger partial charge in [0.15, 0.2) is 0 Å². The molecule has 6 heteroatoms. The molecule has 1 aliphatic heterocycles. The molecule has 122 valence electrons. The molecule has 0 saturated carbocycles. The lowest BCUT2D eigenvalue weighted by Gasteiger charge is -2.31. The maximum absolute atomic E-state index is 12.2. The van der Waals surface area contributed by atoms with E-state index < -0.39 is 0 Å². The van der Waals surface area contributed by atoms with Crippen LogP contribution in [0.1, 0.15) is 43.3 Å². The van der Waals surface area contributed by atoms with E-state index >= 15 is 0 Å². The van der Waals surface area contributed by atoms with E-state index in [0.717, 1.165) is 42.9 Å². The number of thiazole rings is 1. The van der Waals surface area contributed by atoms with E-state index in [1.807, 2.05) is 18.7 Å². The quantitative estimate of drug-likeness (QED) is 0.816. The predicted molar refractivity (Wildman–Crippen MR) is 87.8 cm³/mol. The summed E-state index contributed by atoms with van der Waals surface area (Å²) in [5.41, 5.74) is 1.06.